The fraction of sp³-hybridized carbons (Fsp3) is 0.882. The Hall–Kier alpha value is -1.30. The number of carbonyl (C=O) groups is 2. The van der Waals surface area contributed by atoms with Gasteiger partial charge in [-0.2, -0.15) is 0 Å². The van der Waals surface area contributed by atoms with E-state index >= 15 is 0 Å². The topological polar surface area (TPSA) is 64.7 Å². The molecule has 23 heavy (non-hydrogen) atoms. The molecule has 0 aromatic heterocycles. The third kappa shape index (κ3) is 4.37. The molecule has 2 heterocycles. The quantitative estimate of drug-likeness (QED) is 0.754. The lowest BCUT2D eigenvalue weighted by atomic mass is 10.0. The van der Waals surface area contributed by atoms with Gasteiger partial charge in [0.15, 0.2) is 0 Å². The first-order valence-corrected chi connectivity index (χ1v) is 9.29. The normalized spacial score (nSPS) is 27.7. The van der Waals surface area contributed by atoms with E-state index in [1.54, 1.807) is 0 Å². The first-order chi connectivity index (χ1) is 11.2. The average molecular weight is 322 g/mol. The van der Waals surface area contributed by atoms with Crippen molar-refractivity contribution in [2.75, 3.05) is 32.7 Å². The second-order valence-corrected chi connectivity index (χ2v) is 7.14. The number of rotatable bonds is 2. The molecule has 2 saturated heterocycles. The Labute approximate surface area is 139 Å². The van der Waals surface area contributed by atoms with Gasteiger partial charge < -0.3 is 20.4 Å². The summed E-state index contributed by atoms with van der Waals surface area (Å²) in [7, 11) is 0. The molecule has 130 valence electrons. The van der Waals surface area contributed by atoms with E-state index in [-0.39, 0.29) is 18.0 Å². The van der Waals surface area contributed by atoms with Gasteiger partial charge in [0, 0.05) is 38.3 Å². The van der Waals surface area contributed by atoms with Gasteiger partial charge in [-0.15, -0.1) is 0 Å². The number of nitrogens with zero attached hydrogens (tertiary/aromatic N) is 2. The van der Waals surface area contributed by atoms with Crippen LogP contribution < -0.4 is 10.6 Å². The van der Waals surface area contributed by atoms with E-state index in [1.165, 1.54) is 25.7 Å². The number of hydrogen-bond donors (Lipinski definition) is 2. The Morgan fingerprint density at radius 2 is 1.83 bits per heavy atom. The zero-order chi connectivity index (χ0) is 16.1. The number of piperazine rings is 1. The average Bonchev–Trinajstić information content (AvgIpc) is 2.84. The van der Waals surface area contributed by atoms with Crippen LogP contribution in [-0.4, -0.2) is 66.5 Å². The van der Waals surface area contributed by atoms with Gasteiger partial charge >= 0.3 is 6.03 Å². The molecule has 3 amide bonds. The van der Waals surface area contributed by atoms with Crippen LogP contribution in [0, 0.1) is 0 Å². The minimum Gasteiger partial charge on any atom is -0.336 e. The van der Waals surface area contributed by atoms with Gasteiger partial charge in [0.2, 0.25) is 5.91 Å². The van der Waals surface area contributed by atoms with E-state index in [0.29, 0.717) is 19.1 Å². The molecular formula is C17H30N4O2. The predicted molar refractivity (Wildman–Crippen MR) is 89.2 cm³/mol. The Morgan fingerprint density at radius 3 is 2.57 bits per heavy atom. The van der Waals surface area contributed by atoms with Crippen molar-refractivity contribution in [3.05, 3.63) is 0 Å². The Morgan fingerprint density at radius 1 is 1.04 bits per heavy atom. The molecule has 6 nitrogen and oxygen atoms in total. The molecule has 0 aromatic rings. The van der Waals surface area contributed by atoms with Gasteiger partial charge in [-0.1, -0.05) is 25.7 Å². The number of nitrogens with one attached hydrogen (secondary N) is 2. The van der Waals surface area contributed by atoms with E-state index in [4.69, 9.17) is 0 Å². The summed E-state index contributed by atoms with van der Waals surface area (Å²) in [6.07, 6.45) is 9.26. The summed E-state index contributed by atoms with van der Waals surface area (Å²) >= 11 is 0. The zero-order valence-corrected chi connectivity index (χ0v) is 14.1. The van der Waals surface area contributed by atoms with Gasteiger partial charge in [0.1, 0.15) is 0 Å². The van der Waals surface area contributed by atoms with Crippen LogP contribution in [0.4, 0.5) is 4.79 Å². The smallest absolute Gasteiger partial charge is 0.317 e. The molecule has 0 radical (unpaired) electrons. The van der Waals surface area contributed by atoms with Crippen molar-refractivity contribution in [3.8, 4) is 0 Å². The number of amides is 3. The van der Waals surface area contributed by atoms with E-state index in [2.05, 4.69) is 10.6 Å². The maximum atomic E-state index is 12.6. The predicted octanol–water partition coefficient (Wildman–Crippen LogP) is 1.31. The highest BCUT2D eigenvalue weighted by atomic mass is 16.2. The van der Waals surface area contributed by atoms with Crippen molar-refractivity contribution >= 4 is 11.9 Å². The standard InChI is InChI=1S/C17H30N4O2/c22-16-12-18-9-11-21(16)15-8-5-10-20(13-15)17(23)19-14-6-3-1-2-4-7-14/h14-15,18H,1-13H2,(H,19,23). The molecule has 1 unspecified atom stereocenters. The SMILES string of the molecule is O=C(NC1CCCCCC1)N1CCCC(N2CCNCC2=O)C1. The van der Waals surface area contributed by atoms with Gasteiger partial charge in [0.05, 0.1) is 6.54 Å². The van der Waals surface area contributed by atoms with Crippen molar-refractivity contribution < 1.29 is 9.59 Å². The number of piperidine rings is 1. The molecule has 3 rings (SSSR count). The lowest BCUT2D eigenvalue weighted by Crippen LogP contribution is -2.58. The minimum atomic E-state index is 0.0733. The van der Waals surface area contributed by atoms with E-state index in [1.807, 2.05) is 9.80 Å². The monoisotopic (exact) mass is 322 g/mol. The molecule has 0 aromatic carbocycles. The molecule has 0 bridgehead atoms. The third-order valence-corrected chi connectivity index (χ3v) is 5.43. The first kappa shape index (κ1) is 16.6. The van der Waals surface area contributed by atoms with Crippen LogP contribution in [0.25, 0.3) is 0 Å². The van der Waals surface area contributed by atoms with E-state index < -0.39 is 0 Å². The number of urea groups is 1. The fourth-order valence-corrected chi connectivity index (χ4v) is 4.09. The number of carbonyl (C=O) groups excluding carboxylic acids is 2. The van der Waals surface area contributed by atoms with E-state index in [9.17, 15) is 9.59 Å². The molecule has 6 heteroatoms. The van der Waals surface area contributed by atoms with Gasteiger partial charge in [-0.25, -0.2) is 4.79 Å². The largest absolute Gasteiger partial charge is 0.336 e. The van der Waals surface area contributed by atoms with Crippen LogP contribution in [0.1, 0.15) is 51.4 Å². The summed E-state index contributed by atoms with van der Waals surface area (Å²) in [6.45, 7) is 3.56. The zero-order valence-electron chi connectivity index (χ0n) is 14.1. The highest BCUT2D eigenvalue weighted by Gasteiger charge is 2.32. The summed E-state index contributed by atoms with van der Waals surface area (Å²) in [5.41, 5.74) is 0. The second-order valence-electron chi connectivity index (χ2n) is 7.14. The molecule has 1 aliphatic carbocycles. The summed E-state index contributed by atoms with van der Waals surface area (Å²) in [5, 5.41) is 6.35. The van der Waals surface area contributed by atoms with Gasteiger partial charge in [-0.3, -0.25) is 4.79 Å². The summed E-state index contributed by atoms with van der Waals surface area (Å²) in [4.78, 5) is 28.6. The molecule has 1 saturated carbocycles. The lowest BCUT2D eigenvalue weighted by molar-refractivity contribution is -0.135. The number of likely N-dealkylation sites (tertiary alicyclic amines) is 1. The molecule has 1 atom stereocenters. The molecule has 2 aliphatic heterocycles. The summed E-state index contributed by atoms with van der Waals surface area (Å²) < 4.78 is 0. The molecule has 3 fully saturated rings. The number of hydrogen-bond acceptors (Lipinski definition) is 3. The summed E-state index contributed by atoms with van der Waals surface area (Å²) in [5.74, 6) is 0.173. The van der Waals surface area contributed by atoms with Gasteiger partial charge in [0.25, 0.3) is 0 Å². The van der Waals surface area contributed by atoms with Crippen molar-refractivity contribution in [3.63, 3.8) is 0 Å². The van der Waals surface area contributed by atoms with Crippen molar-refractivity contribution in [2.24, 2.45) is 0 Å². The minimum absolute atomic E-state index is 0.0733. The Bertz CT molecular complexity index is 421. The first-order valence-electron chi connectivity index (χ1n) is 9.29. The maximum Gasteiger partial charge on any atom is 0.317 e. The molecular weight excluding hydrogens is 292 g/mol. The highest BCUT2D eigenvalue weighted by molar-refractivity contribution is 5.79. The maximum absolute atomic E-state index is 12.6. The molecule has 2 N–H and O–H groups in total. The van der Waals surface area contributed by atoms with Crippen LogP contribution in [0.5, 0.6) is 0 Å². The summed E-state index contributed by atoms with van der Waals surface area (Å²) in [6, 6.07) is 0.605. The van der Waals surface area contributed by atoms with Crippen LogP contribution >= 0.6 is 0 Å². The van der Waals surface area contributed by atoms with E-state index in [0.717, 1.165) is 45.3 Å². The van der Waals surface area contributed by atoms with Crippen LogP contribution in [0.3, 0.4) is 0 Å². The highest BCUT2D eigenvalue weighted by Crippen LogP contribution is 2.20. The van der Waals surface area contributed by atoms with Crippen molar-refractivity contribution in [1.29, 1.82) is 0 Å². The molecule has 3 aliphatic rings. The Balaban J connectivity index is 1.52. The van der Waals surface area contributed by atoms with Crippen LogP contribution in [-0.2, 0) is 4.79 Å². The lowest BCUT2D eigenvalue weighted by Gasteiger charge is -2.41. The fourth-order valence-electron chi connectivity index (χ4n) is 4.09. The van der Waals surface area contributed by atoms with Crippen LogP contribution in [0.15, 0.2) is 0 Å². The second kappa shape index (κ2) is 7.99. The third-order valence-electron chi connectivity index (χ3n) is 5.43. The van der Waals surface area contributed by atoms with Gasteiger partial charge in [-0.05, 0) is 25.7 Å². The van der Waals surface area contributed by atoms with Crippen LogP contribution in [0.2, 0.25) is 0 Å². The molecule has 0 spiro atoms. The van der Waals surface area contributed by atoms with Crippen molar-refractivity contribution in [1.82, 2.24) is 20.4 Å². The van der Waals surface area contributed by atoms with Crippen molar-refractivity contribution in [2.45, 2.75) is 63.5 Å². The Kier molecular flexibility index (Phi) is 5.75.